The van der Waals surface area contributed by atoms with Gasteiger partial charge in [0.15, 0.2) is 0 Å². The molecular formula is C14H17N. The van der Waals surface area contributed by atoms with Gasteiger partial charge >= 0.3 is 0 Å². The molecule has 1 saturated heterocycles. The van der Waals surface area contributed by atoms with E-state index in [9.17, 15) is 0 Å². The first-order chi connectivity index (χ1) is 7.34. The molecule has 0 radical (unpaired) electrons. The van der Waals surface area contributed by atoms with Crippen LogP contribution < -0.4 is 4.90 Å². The van der Waals surface area contributed by atoms with Gasteiger partial charge in [0, 0.05) is 23.7 Å². The summed E-state index contributed by atoms with van der Waals surface area (Å²) in [6.07, 6.45) is 4.23. The Bertz CT molecular complexity index is 425. The van der Waals surface area contributed by atoms with Crippen LogP contribution in [0.4, 0.5) is 5.69 Å². The van der Waals surface area contributed by atoms with Gasteiger partial charge in [-0.25, -0.2) is 0 Å². The fourth-order valence-corrected chi connectivity index (χ4v) is 4.34. The van der Waals surface area contributed by atoms with E-state index in [2.05, 4.69) is 36.1 Å². The van der Waals surface area contributed by atoms with Crippen LogP contribution in [0, 0.1) is 5.92 Å². The van der Waals surface area contributed by atoms with Crippen molar-refractivity contribution >= 4 is 5.69 Å². The average molecular weight is 199 g/mol. The van der Waals surface area contributed by atoms with E-state index in [0.29, 0.717) is 5.54 Å². The molecule has 0 unspecified atom stereocenters. The number of hydrogen-bond acceptors (Lipinski definition) is 1. The summed E-state index contributed by atoms with van der Waals surface area (Å²) in [5.41, 5.74) is 3.73. The molecule has 0 N–H and O–H groups in total. The largest absolute Gasteiger partial charge is 0.365 e. The van der Waals surface area contributed by atoms with E-state index in [4.69, 9.17) is 0 Å². The van der Waals surface area contributed by atoms with Gasteiger partial charge in [-0.05, 0) is 36.8 Å². The summed E-state index contributed by atoms with van der Waals surface area (Å²) in [7, 11) is 0. The van der Waals surface area contributed by atoms with E-state index < -0.39 is 0 Å². The summed E-state index contributed by atoms with van der Waals surface area (Å²) in [6, 6.07) is 9.08. The normalized spacial score (nSPS) is 40.7. The third kappa shape index (κ3) is 0.715. The minimum atomic E-state index is 0.545. The van der Waals surface area contributed by atoms with Crippen LogP contribution in [0.1, 0.15) is 37.7 Å². The van der Waals surface area contributed by atoms with Crippen molar-refractivity contribution in [3.8, 4) is 0 Å². The Kier molecular flexibility index (Phi) is 1.31. The van der Waals surface area contributed by atoms with E-state index in [-0.39, 0.29) is 0 Å². The molecule has 1 nitrogen and oxygen atoms in total. The van der Waals surface area contributed by atoms with Gasteiger partial charge in [0.1, 0.15) is 0 Å². The van der Waals surface area contributed by atoms with Gasteiger partial charge < -0.3 is 4.90 Å². The SMILES string of the molecule is C[C@@H]1CCN2c3ccccc3[C@H]3CC[C@]132. The topological polar surface area (TPSA) is 3.24 Å². The van der Waals surface area contributed by atoms with Crippen molar-refractivity contribution in [2.45, 2.75) is 37.6 Å². The molecule has 1 spiro atoms. The highest BCUT2D eigenvalue weighted by Crippen LogP contribution is 2.64. The molecule has 0 amide bonds. The van der Waals surface area contributed by atoms with Crippen LogP contribution >= 0.6 is 0 Å². The van der Waals surface area contributed by atoms with Crippen LogP contribution in [0.25, 0.3) is 0 Å². The predicted octanol–water partition coefficient (Wildman–Crippen LogP) is 3.16. The molecule has 15 heavy (non-hydrogen) atoms. The zero-order chi connectivity index (χ0) is 10.0. The van der Waals surface area contributed by atoms with Gasteiger partial charge in [0.2, 0.25) is 0 Å². The summed E-state index contributed by atoms with van der Waals surface area (Å²) in [4.78, 5) is 2.72. The first kappa shape index (κ1) is 8.20. The molecule has 0 aromatic heterocycles. The molecular weight excluding hydrogens is 182 g/mol. The third-order valence-electron chi connectivity index (χ3n) is 5.18. The van der Waals surface area contributed by atoms with Crippen LogP contribution in [0.3, 0.4) is 0 Å². The summed E-state index contributed by atoms with van der Waals surface area (Å²) in [5, 5.41) is 0. The van der Waals surface area contributed by atoms with E-state index in [1.807, 2.05) is 0 Å². The van der Waals surface area contributed by atoms with E-state index in [0.717, 1.165) is 11.8 Å². The molecule has 78 valence electrons. The van der Waals surface area contributed by atoms with Crippen molar-refractivity contribution in [3.63, 3.8) is 0 Å². The number of benzene rings is 1. The van der Waals surface area contributed by atoms with Crippen molar-refractivity contribution in [3.05, 3.63) is 29.8 Å². The third-order valence-corrected chi connectivity index (χ3v) is 5.18. The summed E-state index contributed by atoms with van der Waals surface area (Å²) >= 11 is 0. The maximum Gasteiger partial charge on any atom is 0.0497 e. The van der Waals surface area contributed by atoms with Crippen LogP contribution in [-0.2, 0) is 0 Å². The molecule has 2 fully saturated rings. The zero-order valence-corrected chi connectivity index (χ0v) is 9.24. The van der Waals surface area contributed by atoms with Crippen LogP contribution in [0.2, 0.25) is 0 Å². The van der Waals surface area contributed by atoms with Crippen molar-refractivity contribution in [2.75, 3.05) is 11.4 Å². The smallest absolute Gasteiger partial charge is 0.0497 e. The van der Waals surface area contributed by atoms with Gasteiger partial charge in [-0.15, -0.1) is 0 Å². The van der Waals surface area contributed by atoms with Crippen molar-refractivity contribution in [2.24, 2.45) is 5.92 Å². The van der Waals surface area contributed by atoms with Gasteiger partial charge in [-0.1, -0.05) is 25.1 Å². The predicted molar refractivity (Wildman–Crippen MR) is 62.3 cm³/mol. The number of fused-ring (bicyclic) bond motifs is 3. The molecule has 1 heteroatoms. The van der Waals surface area contributed by atoms with Crippen molar-refractivity contribution < 1.29 is 0 Å². The van der Waals surface area contributed by atoms with Crippen molar-refractivity contribution in [1.29, 1.82) is 0 Å². The molecule has 3 atom stereocenters. The second-order valence-corrected chi connectivity index (χ2v) is 5.48. The first-order valence-electron chi connectivity index (χ1n) is 6.20. The Labute approximate surface area is 91.1 Å². The quantitative estimate of drug-likeness (QED) is 0.620. The van der Waals surface area contributed by atoms with E-state index in [1.54, 1.807) is 11.3 Å². The zero-order valence-electron chi connectivity index (χ0n) is 9.24. The molecule has 1 aliphatic carbocycles. The lowest BCUT2D eigenvalue weighted by molar-refractivity contribution is 0.163. The summed E-state index contributed by atoms with van der Waals surface area (Å²) < 4.78 is 0. The van der Waals surface area contributed by atoms with Crippen LogP contribution in [0.5, 0.6) is 0 Å². The number of para-hydroxylation sites is 1. The minimum Gasteiger partial charge on any atom is -0.365 e. The van der Waals surface area contributed by atoms with Crippen LogP contribution in [0.15, 0.2) is 24.3 Å². The maximum absolute atomic E-state index is 2.72. The molecule has 1 aromatic rings. The van der Waals surface area contributed by atoms with Crippen molar-refractivity contribution in [1.82, 2.24) is 0 Å². The Morgan fingerprint density at radius 3 is 2.93 bits per heavy atom. The lowest BCUT2D eigenvalue weighted by Crippen LogP contribution is -2.54. The average Bonchev–Trinajstić information content (AvgIpc) is 2.64. The molecule has 0 bridgehead atoms. The molecule has 1 aromatic carbocycles. The molecule has 3 aliphatic rings. The number of nitrogens with zero attached hydrogens (tertiary/aromatic N) is 1. The second kappa shape index (κ2) is 2.40. The molecule has 1 saturated carbocycles. The molecule has 2 aliphatic heterocycles. The standard InChI is InChI=1S/C14H17N/c1-10-7-9-15-13-5-3-2-4-11(13)12-6-8-14(10,12)15/h2-5,10,12H,6-9H2,1H3/t10-,12-,14+/m1/s1. The van der Waals surface area contributed by atoms with Gasteiger partial charge in [-0.3, -0.25) is 0 Å². The van der Waals surface area contributed by atoms with E-state index >= 15 is 0 Å². The highest BCUT2D eigenvalue weighted by Gasteiger charge is 2.62. The van der Waals surface area contributed by atoms with Crippen LogP contribution in [-0.4, -0.2) is 12.1 Å². The lowest BCUT2D eigenvalue weighted by Gasteiger charge is -2.50. The highest BCUT2D eigenvalue weighted by molar-refractivity contribution is 5.67. The number of rotatable bonds is 0. The Hall–Kier alpha value is -0.980. The highest BCUT2D eigenvalue weighted by atomic mass is 15.3. The first-order valence-corrected chi connectivity index (χ1v) is 6.20. The monoisotopic (exact) mass is 199 g/mol. The summed E-state index contributed by atoms with van der Waals surface area (Å²) in [5.74, 6) is 1.75. The van der Waals surface area contributed by atoms with Gasteiger partial charge in [0.25, 0.3) is 0 Å². The van der Waals surface area contributed by atoms with E-state index in [1.165, 1.54) is 25.8 Å². The maximum atomic E-state index is 2.72. The minimum absolute atomic E-state index is 0.545. The van der Waals surface area contributed by atoms with Gasteiger partial charge in [-0.2, -0.15) is 0 Å². The molecule has 4 rings (SSSR count). The second-order valence-electron chi connectivity index (χ2n) is 5.48. The Balaban J connectivity index is 1.94. The number of hydrogen-bond donors (Lipinski definition) is 0. The summed E-state index contributed by atoms with van der Waals surface area (Å²) in [6.45, 7) is 3.74. The molecule has 2 heterocycles. The fourth-order valence-electron chi connectivity index (χ4n) is 4.34. The number of anilines is 1. The Morgan fingerprint density at radius 1 is 1.27 bits per heavy atom. The van der Waals surface area contributed by atoms with Gasteiger partial charge in [0.05, 0.1) is 0 Å². The fraction of sp³-hybridized carbons (Fsp3) is 0.571. The lowest BCUT2D eigenvalue weighted by atomic mass is 9.61. The Morgan fingerprint density at radius 2 is 2.13 bits per heavy atom.